The molecule has 1 unspecified atom stereocenters. The maximum atomic E-state index is 13.3. The Morgan fingerprint density at radius 1 is 1.10 bits per heavy atom. The molecule has 7 heteroatoms. The van der Waals surface area contributed by atoms with E-state index >= 15 is 0 Å². The summed E-state index contributed by atoms with van der Waals surface area (Å²) in [6.45, 7) is 2.71. The molecule has 0 amide bonds. The second-order valence-corrected chi connectivity index (χ2v) is 7.49. The molecule has 0 aliphatic heterocycles. The van der Waals surface area contributed by atoms with Gasteiger partial charge in [-0.25, -0.2) is 9.07 Å². The number of aromatic nitrogens is 4. The normalized spacial score (nSPS) is 12.1. The fourth-order valence-electron chi connectivity index (χ4n) is 3.25. The summed E-state index contributed by atoms with van der Waals surface area (Å²) >= 11 is 6.44. The number of hydrogen-bond acceptors (Lipinski definition) is 4. The molecule has 4 aromatic rings. The summed E-state index contributed by atoms with van der Waals surface area (Å²) in [6, 6.07) is 14.1. The molecule has 4 rings (SSSR count). The van der Waals surface area contributed by atoms with E-state index in [0.717, 1.165) is 34.6 Å². The first-order valence-electron chi connectivity index (χ1n) is 9.68. The topological polar surface area (TPSA) is 55.6 Å². The first-order valence-corrected chi connectivity index (χ1v) is 10.1. The van der Waals surface area contributed by atoms with Crippen LogP contribution in [0.1, 0.15) is 18.2 Å². The first kappa shape index (κ1) is 20.2. The molecule has 0 aliphatic rings. The molecule has 5 nitrogen and oxygen atoms in total. The van der Waals surface area contributed by atoms with Gasteiger partial charge in [-0.3, -0.25) is 9.97 Å². The largest absolute Gasteiger partial charge is 0.310 e. The van der Waals surface area contributed by atoms with E-state index in [1.54, 1.807) is 35.4 Å². The third-order valence-electron chi connectivity index (χ3n) is 4.78. The molecule has 0 spiro atoms. The van der Waals surface area contributed by atoms with Gasteiger partial charge < -0.3 is 5.32 Å². The number of benzene rings is 2. The average molecular weight is 422 g/mol. The lowest BCUT2D eigenvalue weighted by molar-refractivity contribution is 0.540. The lowest BCUT2D eigenvalue weighted by Crippen LogP contribution is -2.28. The van der Waals surface area contributed by atoms with E-state index in [-0.39, 0.29) is 11.9 Å². The molecule has 0 fully saturated rings. The molecule has 2 heterocycles. The van der Waals surface area contributed by atoms with Gasteiger partial charge in [0.15, 0.2) is 0 Å². The number of hydrogen-bond donors (Lipinski definition) is 1. The summed E-state index contributed by atoms with van der Waals surface area (Å²) in [7, 11) is 0. The van der Waals surface area contributed by atoms with E-state index in [1.165, 1.54) is 12.1 Å². The Kier molecular flexibility index (Phi) is 6.16. The van der Waals surface area contributed by atoms with Crippen molar-refractivity contribution in [2.24, 2.45) is 0 Å². The molecule has 0 radical (unpaired) electrons. The molecule has 2 aromatic heterocycles. The predicted octanol–water partition coefficient (Wildman–Crippen LogP) is 4.84. The highest BCUT2D eigenvalue weighted by molar-refractivity contribution is 6.33. The van der Waals surface area contributed by atoms with Gasteiger partial charge in [-0.1, -0.05) is 29.8 Å². The Bertz CT molecular complexity index is 1110. The van der Waals surface area contributed by atoms with Gasteiger partial charge in [0.25, 0.3) is 0 Å². The first-order chi connectivity index (χ1) is 14.6. The molecular weight excluding hydrogens is 401 g/mol. The highest BCUT2D eigenvalue weighted by Crippen LogP contribution is 2.30. The zero-order valence-electron chi connectivity index (χ0n) is 16.5. The van der Waals surface area contributed by atoms with Crippen LogP contribution in [0.4, 0.5) is 4.39 Å². The van der Waals surface area contributed by atoms with Crippen LogP contribution in [0.3, 0.4) is 0 Å². The quantitative estimate of drug-likeness (QED) is 0.463. The summed E-state index contributed by atoms with van der Waals surface area (Å²) in [5, 5.41) is 8.91. The van der Waals surface area contributed by atoms with Gasteiger partial charge in [0.05, 0.1) is 22.1 Å². The van der Waals surface area contributed by atoms with E-state index < -0.39 is 0 Å². The van der Waals surface area contributed by atoms with Gasteiger partial charge in [-0.15, -0.1) is 0 Å². The van der Waals surface area contributed by atoms with Crippen molar-refractivity contribution in [3.8, 4) is 16.9 Å². The zero-order valence-corrected chi connectivity index (χ0v) is 17.2. The number of nitrogens with zero attached hydrogens (tertiary/aromatic N) is 4. The highest BCUT2D eigenvalue weighted by Gasteiger charge is 2.16. The number of nitrogens with one attached hydrogen (secondary N) is 1. The van der Waals surface area contributed by atoms with E-state index in [0.29, 0.717) is 11.6 Å². The Hall–Kier alpha value is -3.09. The van der Waals surface area contributed by atoms with Crippen LogP contribution in [-0.4, -0.2) is 25.8 Å². The third-order valence-corrected chi connectivity index (χ3v) is 5.11. The smallest absolute Gasteiger partial charge is 0.123 e. The maximum absolute atomic E-state index is 13.3. The van der Waals surface area contributed by atoms with Crippen molar-refractivity contribution >= 4 is 11.6 Å². The zero-order chi connectivity index (χ0) is 20.9. The van der Waals surface area contributed by atoms with Crippen LogP contribution in [0, 0.1) is 5.82 Å². The molecule has 0 bridgehead atoms. The fourth-order valence-corrected chi connectivity index (χ4v) is 3.48. The summed E-state index contributed by atoms with van der Waals surface area (Å²) in [5.74, 6) is -0.281. The molecule has 0 aliphatic carbocycles. The Morgan fingerprint density at radius 2 is 1.90 bits per heavy atom. The van der Waals surface area contributed by atoms with Crippen molar-refractivity contribution in [1.82, 2.24) is 25.1 Å². The van der Waals surface area contributed by atoms with Gasteiger partial charge in [0, 0.05) is 54.9 Å². The van der Waals surface area contributed by atoms with Gasteiger partial charge in [0.2, 0.25) is 0 Å². The van der Waals surface area contributed by atoms with Crippen LogP contribution in [0.5, 0.6) is 0 Å². The number of halogens is 2. The fraction of sp³-hybridized carbons (Fsp3) is 0.174. The summed E-state index contributed by atoms with van der Waals surface area (Å²) < 4.78 is 15.1. The van der Waals surface area contributed by atoms with Crippen LogP contribution in [0.15, 0.2) is 73.3 Å². The SMILES string of the molecule is CC(Cc1cnccn1)NCc1cn(-c2ccc(F)cc2)nc1-c1ccccc1Cl. The molecule has 30 heavy (non-hydrogen) atoms. The highest BCUT2D eigenvalue weighted by atomic mass is 35.5. The van der Waals surface area contributed by atoms with Crippen LogP contribution in [-0.2, 0) is 13.0 Å². The minimum absolute atomic E-state index is 0.190. The van der Waals surface area contributed by atoms with E-state index in [4.69, 9.17) is 16.7 Å². The van der Waals surface area contributed by atoms with Gasteiger partial charge in [-0.2, -0.15) is 5.10 Å². The Morgan fingerprint density at radius 3 is 2.63 bits per heavy atom. The molecule has 2 aromatic carbocycles. The Labute approximate surface area is 179 Å². The predicted molar refractivity (Wildman–Crippen MR) is 116 cm³/mol. The van der Waals surface area contributed by atoms with Crippen molar-refractivity contribution in [3.05, 3.63) is 95.4 Å². The van der Waals surface area contributed by atoms with Crippen molar-refractivity contribution in [1.29, 1.82) is 0 Å². The molecule has 152 valence electrons. The molecule has 0 saturated carbocycles. The Balaban J connectivity index is 1.60. The average Bonchev–Trinajstić information content (AvgIpc) is 3.18. The minimum atomic E-state index is -0.281. The second-order valence-electron chi connectivity index (χ2n) is 7.09. The second kappa shape index (κ2) is 9.15. The monoisotopic (exact) mass is 421 g/mol. The third kappa shape index (κ3) is 4.72. The molecule has 1 N–H and O–H groups in total. The molecule has 1 atom stereocenters. The van der Waals surface area contributed by atoms with Crippen molar-refractivity contribution in [2.75, 3.05) is 0 Å². The van der Waals surface area contributed by atoms with E-state index in [9.17, 15) is 4.39 Å². The van der Waals surface area contributed by atoms with Crippen molar-refractivity contribution in [3.63, 3.8) is 0 Å². The van der Waals surface area contributed by atoms with Crippen LogP contribution >= 0.6 is 11.6 Å². The van der Waals surface area contributed by atoms with Crippen LogP contribution in [0.25, 0.3) is 16.9 Å². The van der Waals surface area contributed by atoms with E-state index in [1.807, 2.05) is 30.5 Å². The van der Waals surface area contributed by atoms with Gasteiger partial charge in [0.1, 0.15) is 5.82 Å². The number of rotatable bonds is 7. The minimum Gasteiger partial charge on any atom is -0.310 e. The van der Waals surface area contributed by atoms with Crippen molar-refractivity contribution in [2.45, 2.75) is 25.9 Å². The molecular formula is C23H21ClFN5. The summed E-state index contributed by atoms with van der Waals surface area (Å²) in [6.07, 6.45) is 7.86. The lowest BCUT2D eigenvalue weighted by atomic mass is 10.1. The van der Waals surface area contributed by atoms with Gasteiger partial charge in [-0.05, 0) is 37.3 Å². The van der Waals surface area contributed by atoms with Crippen LogP contribution < -0.4 is 5.32 Å². The van der Waals surface area contributed by atoms with Crippen LogP contribution in [0.2, 0.25) is 5.02 Å². The standard InChI is InChI=1S/C23H21ClFN5/c1-16(12-19-14-26-10-11-27-19)28-13-17-15-30(20-8-6-18(25)7-9-20)29-23(17)21-4-2-3-5-22(21)24/h2-11,14-16,28H,12-13H2,1H3. The molecule has 0 saturated heterocycles. The van der Waals surface area contributed by atoms with E-state index in [2.05, 4.69) is 22.2 Å². The maximum Gasteiger partial charge on any atom is 0.123 e. The summed E-state index contributed by atoms with van der Waals surface area (Å²) in [4.78, 5) is 8.45. The summed E-state index contributed by atoms with van der Waals surface area (Å²) in [5.41, 5.74) is 4.37. The van der Waals surface area contributed by atoms with Crippen molar-refractivity contribution < 1.29 is 4.39 Å². The van der Waals surface area contributed by atoms with Gasteiger partial charge >= 0.3 is 0 Å². The lowest BCUT2D eigenvalue weighted by Gasteiger charge is -2.13.